The molecule has 7 nitrogen and oxygen atoms in total. The highest BCUT2D eigenvalue weighted by atomic mass is 32.2. The quantitative estimate of drug-likeness (QED) is 0.585. The summed E-state index contributed by atoms with van der Waals surface area (Å²) in [5.41, 5.74) is -0.218. The SMILES string of the molecule is COc1ccc(C(=O)O)cc1S(=O)(=O)NC#N. The summed E-state index contributed by atoms with van der Waals surface area (Å²) in [7, 11) is -2.87. The van der Waals surface area contributed by atoms with Gasteiger partial charge in [0.25, 0.3) is 10.0 Å². The second kappa shape index (κ2) is 4.71. The standard InChI is InChI=1S/C9H8N2O5S/c1-16-7-3-2-6(9(12)13)4-8(7)17(14,15)11-5-10/h2-4,11H,1H3,(H,12,13). The van der Waals surface area contributed by atoms with Crippen LogP contribution in [0.1, 0.15) is 10.4 Å². The number of aromatic carboxylic acids is 1. The topological polar surface area (TPSA) is 116 Å². The summed E-state index contributed by atoms with van der Waals surface area (Å²) >= 11 is 0. The van der Waals surface area contributed by atoms with Gasteiger partial charge >= 0.3 is 5.97 Å². The van der Waals surface area contributed by atoms with E-state index in [1.54, 1.807) is 4.72 Å². The highest BCUT2D eigenvalue weighted by Crippen LogP contribution is 2.24. The number of ether oxygens (including phenoxy) is 1. The summed E-state index contributed by atoms with van der Waals surface area (Å²) in [4.78, 5) is 10.3. The molecule has 0 fully saturated rings. The third kappa shape index (κ3) is 2.64. The molecule has 2 N–H and O–H groups in total. The number of nitriles is 1. The lowest BCUT2D eigenvalue weighted by molar-refractivity contribution is 0.0696. The first-order valence-corrected chi connectivity index (χ1v) is 5.73. The molecule has 0 amide bonds. The molecule has 0 aliphatic heterocycles. The minimum atomic E-state index is -4.11. The van der Waals surface area contributed by atoms with Crippen LogP contribution in [0.25, 0.3) is 0 Å². The Morgan fingerprint density at radius 2 is 2.18 bits per heavy atom. The van der Waals surface area contributed by atoms with Gasteiger partial charge in [-0.15, -0.1) is 0 Å². The van der Waals surface area contributed by atoms with Crippen molar-refractivity contribution < 1.29 is 23.1 Å². The number of rotatable bonds is 4. The average Bonchev–Trinajstić information content (AvgIpc) is 2.28. The van der Waals surface area contributed by atoms with Crippen molar-refractivity contribution in [1.82, 2.24) is 4.72 Å². The van der Waals surface area contributed by atoms with Crippen molar-refractivity contribution in [2.45, 2.75) is 4.90 Å². The third-order valence-corrected chi connectivity index (χ3v) is 3.14. The Balaban J connectivity index is 3.45. The predicted molar refractivity (Wildman–Crippen MR) is 55.9 cm³/mol. The van der Waals surface area contributed by atoms with Gasteiger partial charge in [0.1, 0.15) is 10.6 Å². The van der Waals surface area contributed by atoms with Crippen molar-refractivity contribution in [3.05, 3.63) is 23.8 Å². The zero-order valence-corrected chi connectivity index (χ0v) is 9.48. The molecular formula is C9H8N2O5S. The fraction of sp³-hybridized carbons (Fsp3) is 0.111. The fourth-order valence-corrected chi connectivity index (χ4v) is 2.06. The molecule has 0 saturated heterocycles. The van der Waals surface area contributed by atoms with E-state index in [0.29, 0.717) is 0 Å². The van der Waals surface area contributed by atoms with Crippen LogP contribution in [0.4, 0.5) is 0 Å². The van der Waals surface area contributed by atoms with Crippen LogP contribution in [-0.4, -0.2) is 26.6 Å². The van der Waals surface area contributed by atoms with Crippen LogP contribution in [0.5, 0.6) is 5.75 Å². The number of carbonyl (C=O) groups is 1. The van der Waals surface area contributed by atoms with Gasteiger partial charge in [0.15, 0.2) is 6.19 Å². The summed E-state index contributed by atoms with van der Waals surface area (Å²) in [5, 5.41) is 17.1. The maximum absolute atomic E-state index is 11.6. The van der Waals surface area contributed by atoms with E-state index in [0.717, 1.165) is 6.07 Å². The molecule has 0 radical (unpaired) electrons. The van der Waals surface area contributed by atoms with E-state index in [1.807, 2.05) is 0 Å². The molecule has 0 aliphatic rings. The van der Waals surface area contributed by atoms with Crippen LogP contribution in [0.3, 0.4) is 0 Å². The molecule has 0 aliphatic carbocycles. The minimum Gasteiger partial charge on any atom is -0.495 e. The van der Waals surface area contributed by atoms with Gasteiger partial charge in [0.2, 0.25) is 0 Å². The van der Waals surface area contributed by atoms with Gasteiger partial charge in [-0.2, -0.15) is 5.26 Å². The van der Waals surface area contributed by atoms with Crippen molar-refractivity contribution in [3.63, 3.8) is 0 Å². The summed E-state index contributed by atoms with van der Waals surface area (Å²) < 4.78 is 29.5. The van der Waals surface area contributed by atoms with E-state index in [4.69, 9.17) is 15.1 Å². The number of nitrogens with one attached hydrogen (secondary N) is 1. The third-order valence-electron chi connectivity index (χ3n) is 1.88. The zero-order chi connectivity index (χ0) is 13.1. The van der Waals surface area contributed by atoms with Crippen LogP contribution >= 0.6 is 0 Å². The van der Waals surface area contributed by atoms with E-state index in [-0.39, 0.29) is 11.3 Å². The van der Waals surface area contributed by atoms with Crippen molar-refractivity contribution >= 4 is 16.0 Å². The van der Waals surface area contributed by atoms with Gasteiger partial charge < -0.3 is 9.84 Å². The Labute approximate surface area is 97.3 Å². The number of carboxylic acids is 1. The van der Waals surface area contributed by atoms with Gasteiger partial charge in [0.05, 0.1) is 12.7 Å². The van der Waals surface area contributed by atoms with Crippen molar-refractivity contribution in [3.8, 4) is 11.9 Å². The first kappa shape index (κ1) is 12.8. The molecule has 0 spiro atoms. The summed E-state index contributed by atoms with van der Waals surface area (Å²) in [6, 6.07) is 3.32. The molecule has 0 unspecified atom stereocenters. The monoisotopic (exact) mass is 256 g/mol. The summed E-state index contributed by atoms with van der Waals surface area (Å²) in [5.74, 6) is -1.32. The molecule has 17 heavy (non-hydrogen) atoms. The largest absolute Gasteiger partial charge is 0.495 e. The Kier molecular flexibility index (Phi) is 3.55. The van der Waals surface area contributed by atoms with Crippen LogP contribution in [-0.2, 0) is 10.0 Å². The Hall–Kier alpha value is -2.27. The second-order valence-electron chi connectivity index (χ2n) is 2.89. The van der Waals surface area contributed by atoms with Crippen LogP contribution < -0.4 is 9.46 Å². The fourth-order valence-electron chi connectivity index (χ4n) is 1.13. The first-order valence-electron chi connectivity index (χ1n) is 4.24. The van der Waals surface area contributed by atoms with Gasteiger partial charge in [-0.25, -0.2) is 17.9 Å². The van der Waals surface area contributed by atoms with E-state index < -0.39 is 20.9 Å². The second-order valence-corrected chi connectivity index (χ2v) is 4.54. The molecule has 0 aromatic heterocycles. The number of nitrogens with zero attached hydrogens (tertiary/aromatic N) is 1. The average molecular weight is 256 g/mol. The zero-order valence-electron chi connectivity index (χ0n) is 8.67. The normalized spacial score (nSPS) is 10.4. The van der Waals surface area contributed by atoms with E-state index >= 15 is 0 Å². The Morgan fingerprint density at radius 3 is 2.65 bits per heavy atom. The number of carboxylic acid groups (broad SMARTS) is 1. The van der Waals surface area contributed by atoms with Crippen molar-refractivity contribution in [2.24, 2.45) is 0 Å². The molecule has 0 heterocycles. The van der Waals surface area contributed by atoms with Crippen LogP contribution in [0.2, 0.25) is 0 Å². The molecule has 0 bridgehead atoms. The number of sulfonamides is 1. The molecule has 1 rings (SSSR count). The highest BCUT2D eigenvalue weighted by Gasteiger charge is 2.21. The Morgan fingerprint density at radius 1 is 1.53 bits per heavy atom. The maximum atomic E-state index is 11.6. The maximum Gasteiger partial charge on any atom is 0.335 e. The molecule has 90 valence electrons. The number of methoxy groups -OCH3 is 1. The van der Waals surface area contributed by atoms with Gasteiger partial charge in [-0.05, 0) is 18.2 Å². The van der Waals surface area contributed by atoms with Crippen molar-refractivity contribution in [2.75, 3.05) is 7.11 Å². The van der Waals surface area contributed by atoms with E-state index in [2.05, 4.69) is 0 Å². The van der Waals surface area contributed by atoms with Crippen LogP contribution in [0.15, 0.2) is 23.1 Å². The molecule has 8 heteroatoms. The first-order chi connectivity index (χ1) is 7.92. The lowest BCUT2D eigenvalue weighted by atomic mass is 10.2. The molecule has 1 aromatic carbocycles. The van der Waals surface area contributed by atoms with Gasteiger partial charge in [-0.1, -0.05) is 0 Å². The molecular weight excluding hydrogens is 248 g/mol. The Bertz CT molecular complexity index is 588. The molecule has 1 aromatic rings. The van der Waals surface area contributed by atoms with Gasteiger partial charge in [0, 0.05) is 0 Å². The predicted octanol–water partition coefficient (Wildman–Crippen LogP) is 0.153. The summed E-state index contributed by atoms with van der Waals surface area (Å²) in [6.07, 6.45) is 1.27. The lowest BCUT2D eigenvalue weighted by Crippen LogP contribution is -2.19. The number of hydrogen-bond donors (Lipinski definition) is 2. The van der Waals surface area contributed by atoms with Crippen molar-refractivity contribution in [1.29, 1.82) is 5.26 Å². The number of hydrogen-bond acceptors (Lipinski definition) is 5. The van der Waals surface area contributed by atoms with Crippen LogP contribution in [0, 0.1) is 11.5 Å². The highest BCUT2D eigenvalue weighted by molar-refractivity contribution is 7.89. The minimum absolute atomic E-state index is 0.0437. The van der Waals surface area contributed by atoms with E-state index in [1.165, 1.54) is 25.4 Å². The summed E-state index contributed by atoms with van der Waals surface area (Å²) in [6.45, 7) is 0. The molecule has 0 atom stereocenters. The smallest absolute Gasteiger partial charge is 0.335 e. The van der Waals surface area contributed by atoms with E-state index in [9.17, 15) is 13.2 Å². The lowest BCUT2D eigenvalue weighted by Gasteiger charge is -2.08. The van der Waals surface area contributed by atoms with Gasteiger partial charge in [-0.3, -0.25) is 0 Å². The molecule has 0 saturated carbocycles. The number of benzene rings is 1.